The molecule has 1 aromatic carbocycles. The van der Waals surface area contributed by atoms with Crippen molar-refractivity contribution in [3.63, 3.8) is 0 Å². The Balaban J connectivity index is 2.78. The number of carbonyl (C=O) groups is 1. The second-order valence-electron chi connectivity index (χ2n) is 3.15. The molecule has 0 aliphatic carbocycles. The predicted molar refractivity (Wildman–Crippen MR) is 55.7 cm³/mol. The van der Waals surface area contributed by atoms with Gasteiger partial charge in [-0.1, -0.05) is 19.4 Å². The van der Waals surface area contributed by atoms with Crippen LogP contribution < -0.4 is 4.74 Å². The number of carbonyl (C=O) groups excluding carboxylic acids is 1. The highest BCUT2D eigenvalue weighted by Gasteiger charge is 2.10. The molecular weight excluding hydrogens is 176 g/mol. The van der Waals surface area contributed by atoms with Gasteiger partial charge in [0.25, 0.3) is 0 Å². The lowest BCUT2D eigenvalue weighted by Gasteiger charge is -2.05. The van der Waals surface area contributed by atoms with Gasteiger partial charge >= 0.3 is 0 Å². The fraction of sp³-hybridized carbons (Fsp3) is 0.417. The minimum atomic E-state index is 0.139. The molecule has 0 aromatic heterocycles. The summed E-state index contributed by atoms with van der Waals surface area (Å²) in [6.45, 7) is 2.07. The van der Waals surface area contributed by atoms with Gasteiger partial charge in [0.15, 0.2) is 5.78 Å². The Morgan fingerprint density at radius 2 is 2.36 bits per heavy atom. The van der Waals surface area contributed by atoms with E-state index in [1.54, 1.807) is 25.3 Å². The Hall–Kier alpha value is -1.31. The van der Waals surface area contributed by atoms with Crippen molar-refractivity contribution in [3.05, 3.63) is 29.8 Å². The van der Waals surface area contributed by atoms with Crippen LogP contribution in [0.5, 0.6) is 5.75 Å². The SMILES string of the molecule is CCCCC(=O)c1c[c]ccc1OC. The third kappa shape index (κ3) is 2.59. The van der Waals surface area contributed by atoms with Crippen LogP contribution in [0.4, 0.5) is 0 Å². The summed E-state index contributed by atoms with van der Waals surface area (Å²) in [5, 5.41) is 0. The number of Topliss-reactive ketones (excluding diaryl/α,β-unsaturated/α-hetero) is 1. The van der Waals surface area contributed by atoms with Crippen LogP contribution in [0.15, 0.2) is 18.2 Å². The van der Waals surface area contributed by atoms with E-state index in [1.165, 1.54) is 0 Å². The van der Waals surface area contributed by atoms with Crippen LogP contribution in [0.1, 0.15) is 36.5 Å². The summed E-state index contributed by atoms with van der Waals surface area (Å²) in [7, 11) is 1.58. The van der Waals surface area contributed by atoms with E-state index in [0.717, 1.165) is 12.8 Å². The molecule has 0 bridgehead atoms. The number of ketones is 1. The lowest BCUT2D eigenvalue weighted by atomic mass is 10.0. The maximum Gasteiger partial charge on any atom is 0.166 e. The minimum Gasteiger partial charge on any atom is -0.496 e. The fourth-order valence-corrected chi connectivity index (χ4v) is 1.28. The minimum absolute atomic E-state index is 0.139. The maximum absolute atomic E-state index is 11.7. The van der Waals surface area contributed by atoms with Gasteiger partial charge in [0.2, 0.25) is 0 Å². The molecule has 0 atom stereocenters. The summed E-state index contributed by atoms with van der Waals surface area (Å²) < 4.78 is 5.11. The van der Waals surface area contributed by atoms with Gasteiger partial charge in [0.1, 0.15) is 5.75 Å². The monoisotopic (exact) mass is 191 g/mol. The van der Waals surface area contributed by atoms with Crippen LogP contribution >= 0.6 is 0 Å². The van der Waals surface area contributed by atoms with Crippen molar-refractivity contribution in [2.24, 2.45) is 0 Å². The molecule has 1 aromatic rings. The van der Waals surface area contributed by atoms with Crippen molar-refractivity contribution < 1.29 is 9.53 Å². The first kappa shape index (κ1) is 10.8. The van der Waals surface area contributed by atoms with Crippen LogP contribution in [-0.2, 0) is 0 Å². The zero-order valence-electron chi connectivity index (χ0n) is 8.67. The zero-order valence-corrected chi connectivity index (χ0v) is 8.67. The van der Waals surface area contributed by atoms with Crippen molar-refractivity contribution in [3.8, 4) is 5.75 Å². The first-order chi connectivity index (χ1) is 6.79. The lowest BCUT2D eigenvalue weighted by Crippen LogP contribution is -2.01. The van der Waals surface area contributed by atoms with Gasteiger partial charge < -0.3 is 4.74 Å². The standard InChI is InChI=1S/C12H15O2/c1-3-4-8-11(13)10-7-5-6-9-12(10)14-2/h6-7,9H,3-4,8H2,1-2H3. The Morgan fingerprint density at radius 1 is 1.57 bits per heavy atom. The van der Waals surface area contributed by atoms with Crippen LogP contribution in [0, 0.1) is 6.07 Å². The van der Waals surface area contributed by atoms with Gasteiger partial charge in [-0.05, 0) is 24.6 Å². The van der Waals surface area contributed by atoms with Crippen molar-refractivity contribution in [1.82, 2.24) is 0 Å². The molecule has 0 spiro atoms. The smallest absolute Gasteiger partial charge is 0.166 e. The van der Waals surface area contributed by atoms with Gasteiger partial charge in [0.05, 0.1) is 12.7 Å². The summed E-state index contributed by atoms with van der Waals surface area (Å²) in [6, 6.07) is 8.09. The van der Waals surface area contributed by atoms with E-state index in [9.17, 15) is 4.79 Å². The summed E-state index contributed by atoms with van der Waals surface area (Å²) in [6.07, 6.45) is 2.55. The molecule has 2 nitrogen and oxygen atoms in total. The summed E-state index contributed by atoms with van der Waals surface area (Å²) >= 11 is 0. The van der Waals surface area contributed by atoms with E-state index < -0.39 is 0 Å². The third-order valence-corrected chi connectivity index (χ3v) is 2.10. The molecule has 0 N–H and O–H groups in total. The Kier molecular flexibility index (Phi) is 4.17. The first-order valence-corrected chi connectivity index (χ1v) is 4.87. The molecule has 0 aliphatic rings. The summed E-state index contributed by atoms with van der Waals surface area (Å²) in [5.41, 5.74) is 0.642. The van der Waals surface area contributed by atoms with Crippen LogP contribution in [0.25, 0.3) is 0 Å². The lowest BCUT2D eigenvalue weighted by molar-refractivity contribution is 0.0977. The van der Waals surface area contributed by atoms with Gasteiger partial charge in [-0.2, -0.15) is 0 Å². The number of methoxy groups -OCH3 is 1. The molecule has 1 rings (SSSR count). The van der Waals surface area contributed by atoms with Crippen molar-refractivity contribution in [2.75, 3.05) is 7.11 Å². The highest BCUT2D eigenvalue weighted by Crippen LogP contribution is 2.19. The van der Waals surface area contributed by atoms with Crippen molar-refractivity contribution >= 4 is 5.78 Å². The molecule has 0 fully saturated rings. The predicted octanol–water partition coefficient (Wildman–Crippen LogP) is 2.87. The summed E-state index contributed by atoms with van der Waals surface area (Å²) in [5.74, 6) is 0.783. The van der Waals surface area contributed by atoms with E-state index >= 15 is 0 Å². The van der Waals surface area contributed by atoms with Gasteiger partial charge in [-0.3, -0.25) is 4.79 Å². The average Bonchev–Trinajstić information content (AvgIpc) is 2.25. The summed E-state index contributed by atoms with van der Waals surface area (Å²) in [4.78, 5) is 11.7. The molecule has 1 radical (unpaired) electrons. The number of rotatable bonds is 5. The number of benzene rings is 1. The zero-order chi connectivity index (χ0) is 10.4. The molecule has 0 heterocycles. The highest BCUT2D eigenvalue weighted by molar-refractivity contribution is 5.98. The molecule has 0 aliphatic heterocycles. The van der Waals surface area contributed by atoms with E-state index in [1.807, 2.05) is 0 Å². The van der Waals surface area contributed by atoms with E-state index in [4.69, 9.17) is 4.74 Å². The van der Waals surface area contributed by atoms with E-state index in [2.05, 4.69) is 13.0 Å². The molecule has 75 valence electrons. The molecule has 0 saturated carbocycles. The topological polar surface area (TPSA) is 26.3 Å². The van der Waals surface area contributed by atoms with Crippen LogP contribution in [0.3, 0.4) is 0 Å². The van der Waals surface area contributed by atoms with E-state index in [0.29, 0.717) is 17.7 Å². The quantitative estimate of drug-likeness (QED) is 0.669. The van der Waals surface area contributed by atoms with Crippen LogP contribution in [0.2, 0.25) is 0 Å². The second-order valence-corrected chi connectivity index (χ2v) is 3.15. The molecule has 0 amide bonds. The van der Waals surface area contributed by atoms with Gasteiger partial charge in [0, 0.05) is 6.42 Å². The molecule has 2 heteroatoms. The fourth-order valence-electron chi connectivity index (χ4n) is 1.28. The third-order valence-electron chi connectivity index (χ3n) is 2.10. The first-order valence-electron chi connectivity index (χ1n) is 4.87. The Morgan fingerprint density at radius 3 is 3.00 bits per heavy atom. The molecule has 14 heavy (non-hydrogen) atoms. The molecular formula is C12H15O2. The second kappa shape index (κ2) is 5.43. The Bertz CT molecular complexity index is 305. The van der Waals surface area contributed by atoms with E-state index in [-0.39, 0.29) is 5.78 Å². The number of unbranched alkanes of at least 4 members (excludes halogenated alkanes) is 1. The maximum atomic E-state index is 11.7. The molecule has 0 unspecified atom stereocenters. The largest absolute Gasteiger partial charge is 0.496 e. The molecule has 0 saturated heterocycles. The number of hydrogen-bond donors (Lipinski definition) is 0. The van der Waals surface area contributed by atoms with Gasteiger partial charge in [-0.25, -0.2) is 0 Å². The highest BCUT2D eigenvalue weighted by atomic mass is 16.5. The number of hydrogen-bond acceptors (Lipinski definition) is 2. The van der Waals surface area contributed by atoms with Gasteiger partial charge in [-0.15, -0.1) is 0 Å². The van der Waals surface area contributed by atoms with Crippen molar-refractivity contribution in [2.45, 2.75) is 26.2 Å². The normalized spacial score (nSPS) is 9.86. The number of ether oxygens (including phenoxy) is 1. The average molecular weight is 191 g/mol. The van der Waals surface area contributed by atoms with Crippen LogP contribution in [-0.4, -0.2) is 12.9 Å². The Labute approximate surface area is 84.9 Å². The van der Waals surface area contributed by atoms with Crippen molar-refractivity contribution in [1.29, 1.82) is 0 Å².